The average molecular weight is 385 g/mol. The molecule has 2 rings (SSSR count). The molecule has 138 valence electrons. The Morgan fingerprint density at radius 2 is 1.58 bits per heavy atom. The normalized spacial score (nSPS) is 12.2. The predicted octanol–water partition coefficient (Wildman–Crippen LogP) is 3.74. The summed E-state index contributed by atoms with van der Waals surface area (Å²) in [7, 11) is 0. The Morgan fingerprint density at radius 3 is 2.12 bits per heavy atom. The van der Waals surface area contributed by atoms with E-state index in [1.54, 1.807) is 19.1 Å². The van der Waals surface area contributed by atoms with Crippen LogP contribution in [0.4, 0.5) is 23.2 Å². The molecule has 2 aromatic carbocycles. The molecule has 0 heterocycles. The molecule has 0 radical (unpaired) electrons. The van der Waals surface area contributed by atoms with Crippen molar-refractivity contribution in [1.82, 2.24) is 10.6 Å². The van der Waals surface area contributed by atoms with Crippen LogP contribution in [0, 0.1) is 12.7 Å². The summed E-state index contributed by atoms with van der Waals surface area (Å²) in [5, 5.41) is 5.98. The first-order valence-electron chi connectivity index (χ1n) is 7.42. The molecule has 0 aromatic heterocycles. The maximum absolute atomic E-state index is 13.2. The minimum absolute atomic E-state index is 0.0871. The molecule has 3 N–H and O–H groups in total. The summed E-state index contributed by atoms with van der Waals surface area (Å²) in [5.41, 5.74) is 1.26. The Morgan fingerprint density at radius 1 is 1.00 bits per heavy atom. The van der Waals surface area contributed by atoms with Crippen molar-refractivity contribution in [2.75, 3.05) is 5.32 Å². The van der Waals surface area contributed by atoms with E-state index in [1.165, 1.54) is 24.3 Å². The second-order valence-electron chi connectivity index (χ2n) is 5.42. The summed E-state index contributed by atoms with van der Waals surface area (Å²) in [6, 6.07) is 11.0. The van der Waals surface area contributed by atoms with Crippen molar-refractivity contribution in [3.63, 3.8) is 0 Å². The van der Waals surface area contributed by atoms with E-state index < -0.39 is 24.1 Å². The fourth-order valence-electron chi connectivity index (χ4n) is 1.95. The Labute approximate surface area is 152 Å². The lowest BCUT2D eigenvalue weighted by atomic mass is 10.1. The molecule has 26 heavy (non-hydrogen) atoms. The predicted molar refractivity (Wildman–Crippen MR) is 94.2 cm³/mol. The van der Waals surface area contributed by atoms with Gasteiger partial charge in [0.25, 0.3) is 5.91 Å². The highest BCUT2D eigenvalue weighted by atomic mass is 32.1. The number of anilines is 1. The van der Waals surface area contributed by atoms with E-state index in [-0.39, 0.29) is 10.7 Å². The van der Waals surface area contributed by atoms with Crippen LogP contribution in [-0.2, 0) is 0 Å². The van der Waals surface area contributed by atoms with Crippen LogP contribution in [0.15, 0.2) is 48.5 Å². The van der Waals surface area contributed by atoms with Crippen molar-refractivity contribution in [1.29, 1.82) is 0 Å². The lowest BCUT2D eigenvalue weighted by molar-refractivity contribution is -0.156. The molecule has 1 atom stereocenters. The summed E-state index contributed by atoms with van der Waals surface area (Å²) in [6.07, 6.45) is -7.17. The summed E-state index contributed by atoms with van der Waals surface area (Å²) >= 11 is 4.83. The fourth-order valence-corrected chi connectivity index (χ4v) is 2.19. The zero-order chi connectivity index (χ0) is 19.3. The van der Waals surface area contributed by atoms with Crippen LogP contribution < -0.4 is 16.0 Å². The van der Waals surface area contributed by atoms with Crippen LogP contribution in [0.25, 0.3) is 0 Å². The van der Waals surface area contributed by atoms with Gasteiger partial charge in [-0.15, -0.1) is 0 Å². The lowest BCUT2D eigenvalue weighted by Crippen LogP contribution is -2.57. The molecule has 0 saturated carbocycles. The SMILES string of the molecule is Cc1ccc(C(=O)NC(NC(=S)Nc2ccc(F)cc2)C(F)(F)F)cc1. The Hall–Kier alpha value is -2.68. The van der Waals surface area contributed by atoms with E-state index in [4.69, 9.17) is 12.2 Å². The second kappa shape index (κ2) is 8.13. The van der Waals surface area contributed by atoms with Crippen LogP contribution in [0.2, 0.25) is 0 Å². The second-order valence-corrected chi connectivity index (χ2v) is 5.83. The zero-order valence-electron chi connectivity index (χ0n) is 13.5. The van der Waals surface area contributed by atoms with Gasteiger partial charge in [0.2, 0.25) is 0 Å². The number of alkyl halides is 3. The molecule has 0 aliphatic carbocycles. The van der Waals surface area contributed by atoms with E-state index in [0.717, 1.165) is 17.7 Å². The van der Waals surface area contributed by atoms with E-state index in [9.17, 15) is 22.4 Å². The molecule has 0 spiro atoms. The molecule has 0 bridgehead atoms. The monoisotopic (exact) mass is 385 g/mol. The number of carbonyl (C=O) groups excluding carboxylic acids is 1. The standard InChI is InChI=1S/C17H15F4N3OS/c1-10-2-4-11(5-3-10)14(25)23-15(17(19,20)21)24-16(26)22-13-8-6-12(18)7-9-13/h2-9,15H,1H3,(H,23,25)(H2,22,24,26). The highest BCUT2D eigenvalue weighted by Crippen LogP contribution is 2.19. The number of amides is 1. The summed E-state index contributed by atoms with van der Waals surface area (Å²) in [5.74, 6) is -1.39. The van der Waals surface area contributed by atoms with Crippen LogP contribution in [0.1, 0.15) is 15.9 Å². The molecule has 0 saturated heterocycles. The summed E-state index contributed by atoms with van der Waals surface area (Å²) in [4.78, 5) is 12.0. The molecule has 0 aliphatic rings. The third kappa shape index (κ3) is 5.69. The van der Waals surface area contributed by atoms with Crippen molar-refractivity contribution >= 4 is 28.9 Å². The molecule has 9 heteroatoms. The smallest absolute Gasteiger partial charge is 0.335 e. The first kappa shape index (κ1) is 19.6. The van der Waals surface area contributed by atoms with Gasteiger partial charge in [-0.2, -0.15) is 13.2 Å². The highest BCUT2D eigenvalue weighted by molar-refractivity contribution is 7.80. The van der Waals surface area contributed by atoms with Gasteiger partial charge in [-0.3, -0.25) is 4.79 Å². The Balaban J connectivity index is 2.04. The maximum Gasteiger partial charge on any atom is 0.427 e. The number of aryl methyl sites for hydroxylation is 1. The number of benzene rings is 2. The number of carbonyl (C=O) groups is 1. The van der Waals surface area contributed by atoms with Crippen molar-refractivity contribution in [3.8, 4) is 0 Å². The Bertz CT molecular complexity index is 776. The van der Waals surface area contributed by atoms with E-state index in [1.807, 2.05) is 10.6 Å². The Kier molecular flexibility index (Phi) is 6.14. The topological polar surface area (TPSA) is 53.2 Å². The van der Waals surface area contributed by atoms with Gasteiger partial charge >= 0.3 is 6.18 Å². The largest absolute Gasteiger partial charge is 0.427 e. The minimum atomic E-state index is -4.78. The van der Waals surface area contributed by atoms with Crippen molar-refractivity contribution in [3.05, 3.63) is 65.5 Å². The van der Waals surface area contributed by atoms with Gasteiger partial charge in [-0.1, -0.05) is 17.7 Å². The van der Waals surface area contributed by atoms with Gasteiger partial charge in [0, 0.05) is 11.3 Å². The number of hydrogen-bond acceptors (Lipinski definition) is 2. The van der Waals surface area contributed by atoms with Crippen LogP contribution in [0.3, 0.4) is 0 Å². The van der Waals surface area contributed by atoms with Gasteiger partial charge < -0.3 is 16.0 Å². The molecule has 1 unspecified atom stereocenters. The van der Waals surface area contributed by atoms with E-state index in [0.29, 0.717) is 5.69 Å². The van der Waals surface area contributed by atoms with Gasteiger partial charge in [0.15, 0.2) is 11.3 Å². The maximum atomic E-state index is 13.2. The summed E-state index contributed by atoms with van der Waals surface area (Å²) < 4.78 is 52.4. The van der Waals surface area contributed by atoms with E-state index >= 15 is 0 Å². The number of hydrogen-bond donors (Lipinski definition) is 3. The van der Waals surface area contributed by atoms with Gasteiger partial charge in [-0.25, -0.2) is 4.39 Å². The lowest BCUT2D eigenvalue weighted by Gasteiger charge is -2.24. The molecule has 2 aromatic rings. The number of nitrogens with one attached hydrogen (secondary N) is 3. The zero-order valence-corrected chi connectivity index (χ0v) is 14.3. The first-order valence-corrected chi connectivity index (χ1v) is 7.83. The molecule has 4 nitrogen and oxygen atoms in total. The van der Waals surface area contributed by atoms with Crippen molar-refractivity contribution in [2.45, 2.75) is 19.3 Å². The first-order chi connectivity index (χ1) is 12.1. The molecular weight excluding hydrogens is 370 g/mol. The van der Waals surface area contributed by atoms with Crippen LogP contribution in [0.5, 0.6) is 0 Å². The van der Waals surface area contributed by atoms with Crippen LogP contribution >= 0.6 is 12.2 Å². The number of halogens is 4. The van der Waals surface area contributed by atoms with Gasteiger partial charge in [0.05, 0.1) is 0 Å². The third-order valence-electron chi connectivity index (χ3n) is 3.29. The average Bonchev–Trinajstić information content (AvgIpc) is 2.56. The van der Waals surface area contributed by atoms with Crippen molar-refractivity contribution < 1.29 is 22.4 Å². The quantitative estimate of drug-likeness (QED) is 0.426. The van der Waals surface area contributed by atoms with Crippen molar-refractivity contribution in [2.24, 2.45) is 0 Å². The van der Waals surface area contributed by atoms with Gasteiger partial charge in [-0.05, 0) is 55.5 Å². The number of rotatable bonds is 4. The van der Waals surface area contributed by atoms with Gasteiger partial charge in [0.1, 0.15) is 5.82 Å². The molecule has 1 amide bonds. The minimum Gasteiger partial charge on any atom is -0.335 e. The van der Waals surface area contributed by atoms with Crippen LogP contribution in [-0.4, -0.2) is 23.4 Å². The fraction of sp³-hybridized carbons (Fsp3) is 0.176. The number of thiocarbonyl (C=S) groups is 1. The third-order valence-corrected chi connectivity index (χ3v) is 3.51. The summed E-state index contributed by atoms with van der Waals surface area (Å²) in [6.45, 7) is 1.79. The van der Waals surface area contributed by atoms with E-state index in [2.05, 4.69) is 5.32 Å². The highest BCUT2D eigenvalue weighted by Gasteiger charge is 2.41. The molecule has 0 aliphatic heterocycles. The molecule has 0 fully saturated rings. The molecular formula is C17H15F4N3OS.